The van der Waals surface area contributed by atoms with Gasteiger partial charge in [0.25, 0.3) is 5.91 Å². The topological polar surface area (TPSA) is 62.9 Å². The maximum absolute atomic E-state index is 12.6. The molecule has 110 valence electrons. The van der Waals surface area contributed by atoms with Gasteiger partial charge in [-0.2, -0.15) is 0 Å². The van der Waals surface area contributed by atoms with Crippen molar-refractivity contribution in [3.8, 4) is 0 Å². The van der Waals surface area contributed by atoms with Gasteiger partial charge in [-0.1, -0.05) is 6.42 Å². The number of aliphatic hydroxyl groups excluding tert-OH is 1. The van der Waals surface area contributed by atoms with Gasteiger partial charge < -0.3 is 19.2 Å². The van der Waals surface area contributed by atoms with Gasteiger partial charge in [-0.05, 0) is 31.9 Å². The van der Waals surface area contributed by atoms with Crippen molar-refractivity contribution < 1.29 is 19.1 Å². The van der Waals surface area contributed by atoms with Crippen LogP contribution < -0.4 is 0 Å². The standard InChI is InChI=1S/C15H21NO4/c1-10-5-6-14(20-10)15(18)16-7-8-19-9-12(16)11-3-2-4-13(11)17/h5-6,11-13,17H,2-4,7-9H2,1H3/t11-,12+,13+/m0/s1. The third-order valence-electron chi connectivity index (χ3n) is 4.40. The van der Waals surface area contributed by atoms with E-state index >= 15 is 0 Å². The highest BCUT2D eigenvalue weighted by atomic mass is 16.5. The average Bonchev–Trinajstić information content (AvgIpc) is 3.07. The van der Waals surface area contributed by atoms with E-state index in [-0.39, 0.29) is 24.0 Å². The lowest BCUT2D eigenvalue weighted by molar-refractivity contribution is -0.0394. The van der Waals surface area contributed by atoms with Gasteiger partial charge in [0.05, 0.1) is 25.4 Å². The van der Waals surface area contributed by atoms with E-state index in [9.17, 15) is 9.90 Å². The van der Waals surface area contributed by atoms with Crippen LogP contribution in [0.1, 0.15) is 35.6 Å². The van der Waals surface area contributed by atoms with Crippen LogP contribution in [0.4, 0.5) is 0 Å². The van der Waals surface area contributed by atoms with Crippen LogP contribution >= 0.6 is 0 Å². The van der Waals surface area contributed by atoms with Crippen LogP contribution in [0, 0.1) is 12.8 Å². The molecule has 1 N–H and O–H groups in total. The Balaban J connectivity index is 1.79. The highest BCUT2D eigenvalue weighted by Gasteiger charge is 2.40. The Morgan fingerprint density at radius 3 is 2.90 bits per heavy atom. The first-order valence-electron chi connectivity index (χ1n) is 7.30. The summed E-state index contributed by atoms with van der Waals surface area (Å²) in [5.41, 5.74) is 0. The zero-order chi connectivity index (χ0) is 14.1. The number of aryl methyl sites for hydroxylation is 1. The van der Waals surface area contributed by atoms with E-state index in [0.29, 0.717) is 25.5 Å². The number of ether oxygens (including phenoxy) is 1. The molecule has 2 heterocycles. The van der Waals surface area contributed by atoms with Crippen molar-refractivity contribution in [2.24, 2.45) is 5.92 Å². The molecular formula is C15H21NO4. The lowest BCUT2D eigenvalue weighted by Crippen LogP contribution is -2.53. The molecule has 1 aliphatic heterocycles. The van der Waals surface area contributed by atoms with E-state index < -0.39 is 0 Å². The first kappa shape index (κ1) is 13.6. The number of rotatable bonds is 2. The normalized spacial score (nSPS) is 30.7. The molecule has 1 saturated heterocycles. The number of nitrogens with zero attached hydrogens (tertiary/aromatic N) is 1. The van der Waals surface area contributed by atoms with Gasteiger partial charge in [0.2, 0.25) is 0 Å². The maximum Gasteiger partial charge on any atom is 0.289 e. The van der Waals surface area contributed by atoms with Crippen molar-refractivity contribution in [2.75, 3.05) is 19.8 Å². The molecule has 2 fully saturated rings. The number of furan rings is 1. The van der Waals surface area contributed by atoms with Crippen molar-refractivity contribution >= 4 is 5.91 Å². The molecule has 3 rings (SSSR count). The summed E-state index contributed by atoms with van der Waals surface area (Å²) in [4.78, 5) is 14.4. The Morgan fingerprint density at radius 1 is 1.40 bits per heavy atom. The number of carbonyl (C=O) groups excluding carboxylic acids is 1. The fourth-order valence-electron chi connectivity index (χ4n) is 3.34. The predicted octanol–water partition coefficient (Wildman–Crippen LogP) is 1.59. The number of aliphatic hydroxyl groups is 1. The Kier molecular flexibility index (Phi) is 3.81. The molecule has 1 amide bonds. The SMILES string of the molecule is Cc1ccc(C(=O)N2CCOC[C@@H]2[C@@H]2CCC[C@H]2O)o1. The van der Waals surface area contributed by atoms with E-state index in [1.54, 1.807) is 12.1 Å². The number of amides is 1. The van der Waals surface area contributed by atoms with Crippen LogP contribution in [0.3, 0.4) is 0 Å². The molecule has 0 unspecified atom stereocenters. The van der Waals surface area contributed by atoms with E-state index in [4.69, 9.17) is 9.15 Å². The van der Waals surface area contributed by atoms with E-state index in [1.165, 1.54) is 0 Å². The summed E-state index contributed by atoms with van der Waals surface area (Å²) < 4.78 is 11.0. The lowest BCUT2D eigenvalue weighted by atomic mass is 9.94. The predicted molar refractivity (Wildman–Crippen MR) is 72.4 cm³/mol. The van der Waals surface area contributed by atoms with Crippen molar-refractivity contribution in [1.82, 2.24) is 4.90 Å². The third-order valence-corrected chi connectivity index (χ3v) is 4.40. The molecule has 0 radical (unpaired) electrons. The van der Waals surface area contributed by atoms with Crippen LogP contribution in [0.25, 0.3) is 0 Å². The fourth-order valence-corrected chi connectivity index (χ4v) is 3.34. The zero-order valence-corrected chi connectivity index (χ0v) is 11.7. The van der Waals surface area contributed by atoms with Gasteiger partial charge in [0.15, 0.2) is 5.76 Å². The molecule has 5 heteroatoms. The second kappa shape index (κ2) is 5.58. The van der Waals surface area contributed by atoms with Crippen molar-refractivity contribution in [3.63, 3.8) is 0 Å². The molecular weight excluding hydrogens is 258 g/mol. The largest absolute Gasteiger partial charge is 0.456 e. The van der Waals surface area contributed by atoms with E-state index in [2.05, 4.69) is 0 Å². The number of hydrogen-bond acceptors (Lipinski definition) is 4. The minimum atomic E-state index is -0.324. The molecule has 20 heavy (non-hydrogen) atoms. The van der Waals surface area contributed by atoms with Crippen molar-refractivity contribution in [1.29, 1.82) is 0 Å². The summed E-state index contributed by atoms with van der Waals surface area (Å²) in [6.45, 7) is 3.44. The molecule has 1 aromatic rings. The third kappa shape index (κ3) is 2.47. The minimum absolute atomic E-state index is 0.0424. The molecule has 0 bridgehead atoms. The van der Waals surface area contributed by atoms with Gasteiger partial charge in [0.1, 0.15) is 5.76 Å². The first-order chi connectivity index (χ1) is 9.66. The van der Waals surface area contributed by atoms with E-state index in [0.717, 1.165) is 25.0 Å². The van der Waals surface area contributed by atoms with Crippen LogP contribution in [0.2, 0.25) is 0 Å². The molecule has 5 nitrogen and oxygen atoms in total. The van der Waals surface area contributed by atoms with Crippen molar-refractivity contribution in [3.05, 3.63) is 23.7 Å². The first-order valence-corrected chi connectivity index (χ1v) is 7.30. The molecule has 0 aromatic carbocycles. The Labute approximate surface area is 118 Å². The molecule has 0 spiro atoms. The van der Waals surface area contributed by atoms with Gasteiger partial charge in [0, 0.05) is 12.5 Å². The monoisotopic (exact) mass is 279 g/mol. The van der Waals surface area contributed by atoms with Gasteiger partial charge in [-0.15, -0.1) is 0 Å². The highest BCUT2D eigenvalue weighted by Crippen LogP contribution is 2.32. The average molecular weight is 279 g/mol. The summed E-state index contributed by atoms with van der Waals surface area (Å²) in [6.07, 6.45) is 2.47. The molecule has 1 aliphatic carbocycles. The minimum Gasteiger partial charge on any atom is -0.456 e. The summed E-state index contributed by atoms with van der Waals surface area (Å²) >= 11 is 0. The van der Waals surface area contributed by atoms with Crippen LogP contribution in [0.5, 0.6) is 0 Å². The second-order valence-electron chi connectivity index (χ2n) is 5.71. The highest BCUT2D eigenvalue weighted by molar-refractivity contribution is 5.91. The molecule has 2 aliphatic rings. The lowest BCUT2D eigenvalue weighted by Gasteiger charge is -2.39. The Bertz CT molecular complexity index is 484. The number of hydrogen-bond donors (Lipinski definition) is 1. The van der Waals surface area contributed by atoms with Gasteiger partial charge >= 0.3 is 0 Å². The number of morpholine rings is 1. The number of carbonyl (C=O) groups is 1. The summed E-state index contributed by atoms with van der Waals surface area (Å²) in [5.74, 6) is 1.14. The van der Waals surface area contributed by atoms with Crippen LogP contribution in [-0.2, 0) is 4.74 Å². The van der Waals surface area contributed by atoms with Gasteiger partial charge in [-0.3, -0.25) is 4.79 Å². The molecule has 1 saturated carbocycles. The van der Waals surface area contributed by atoms with Crippen LogP contribution in [-0.4, -0.2) is 47.8 Å². The fraction of sp³-hybridized carbons (Fsp3) is 0.667. The van der Waals surface area contributed by atoms with Crippen LogP contribution in [0.15, 0.2) is 16.5 Å². The molecule has 1 aromatic heterocycles. The summed E-state index contributed by atoms with van der Waals surface area (Å²) in [5, 5.41) is 10.1. The smallest absolute Gasteiger partial charge is 0.289 e. The van der Waals surface area contributed by atoms with Crippen molar-refractivity contribution in [2.45, 2.75) is 38.3 Å². The second-order valence-corrected chi connectivity index (χ2v) is 5.71. The summed E-state index contributed by atoms with van der Waals surface area (Å²) in [6, 6.07) is 3.47. The zero-order valence-electron chi connectivity index (χ0n) is 11.7. The summed E-state index contributed by atoms with van der Waals surface area (Å²) in [7, 11) is 0. The Hall–Kier alpha value is -1.33. The maximum atomic E-state index is 12.6. The van der Waals surface area contributed by atoms with Gasteiger partial charge in [-0.25, -0.2) is 0 Å². The van der Waals surface area contributed by atoms with E-state index in [1.807, 2.05) is 11.8 Å². The molecule has 3 atom stereocenters. The Morgan fingerprint density at radius 2 is 2.25 bits per heavy atom. The quantitative estimate of drug-likeness (QED) is 0.893.